The van der Waals surface area contributed by atoms with Gasteiger partial charge in [-0.2, -0.15) is 0 Å². The van der Waals surface area contributed by atoms with E-state index < -0.39 is 23.4 Å². The molecule has 1 aromatic rings. The fourth-order valence-corrected chi connectivity index (χ4v) is 1.53. The Hall–Kier alpha value is -1.51. The van der Waals surface area contributed by atoms with Gasteiger partial charge in [0, 0.05) is 0 Å². The highest BCUT2D eigenvalue weighted by Gasteiger charge is 2.13. The summed E-state index contributed by atoms with van der Waals surface area (Å²) in [5.74, 6) is -2.68. The van der Waals surface area contributed by atoms with E-state index in [9.17, 15) is 18.4 Å². The molecule has 0 saturated carbocycles. The molecule has 0 atom stereocenters. The van der Waals surface area contributed by atoms with Gasteiger partial charge in [0.25, 0.3) is 0 Å². The first kappa shape index (κ1) is 14.6. The number of anilines is 1. The molecule has 0 aliphatic carbocycles. The zero-order chi connectivity index (χ0) is 13.7. The van der Waals surface area contributed by atoms with Crippen LogP contribution < -0.4 is 10.6 Å². The van der Waals surface area contributed by atoms with Crippen LogP contribution in [0.4, 0.5) is 14.5 Å². The van der Waals surface area contributed by atoms with Gasteiger partial charge in [-0.05, 0) is 40.8 Å². The molecule has 0 aliphatic heterocycles. The minimum absolute atomic E-state index is 0.140. The van der Waals surface area contributed by atoms with E-state index in [-0.39, 0.29) is 15.8 Å². The number of benzene rings is 1. The minimum Gasteiger partial charge on any atom is -0.343 e. The lowest BCUT2D eigenvalue weighted by atomic mass is 10.3. The van der Waals surface area contributed by atoms with Gasteiger partial charge in [-0.1, -0.05) is 6.58 Å². The summed E-state index contributed by atoms with van der Waals surface area (Å²) in [6, 6.07) is 2.16. The van der Waals surface area contributed by atoms with Crippen LogP contribution in [0, 0.1) is 15.2 Å². The highest BCUT2D eigenvalue weighted by Crippen LogP contribution is 2.22. The zero-order valence-electron chi connectivity index (χ0n) is 9.10. The Bertz CT molecular complexity index is 506. The molecule has 0 saturated heterocycles. The van der Waals surface area contributed by atoms with E-state index in [1.165, 1.54) is 22.6 Å². The van der Waals surface area contributed by atoms with Gasteiger partial charge in [0.1, 0.15) is 5.82 Å². The fourth-order valence-electron chi connectivity index (χ4n) is 1.06. The van der Waals surface area contributed by atoms with Crippen LogP contribution in [0.2, 0.25) is 0 Å². The zero-order valence-corrected chi connectivity index (χ0v) is 11.3. The summed E-state index contributed by atoms with van der Waals surface area (Å²) in [5.41, 5.74) is -0.140. The number of nitrogens with one attached hydrogen (secondary N) is 2. The van der Waals surface area contributed by atoms with Crippen LogP contribution in [0.25, 0.3) is 0 Å². The first-order valence-electron chi connectivity index (χ1n) is 4.79. The van der Waals surface area contributed by atoms with Crippen molar-refractivity contribution >= 4 is 40.1 Å². The number of halogens is 3. The van der Waals surface area contributed by atoms with E-state index in [4.69, 9.17) is 0 Å². The molecule has 0 radical (unpaired) electrons. The lowest BCUT2D eigenvalue weighted by Gasteiger charge is -2.08. The van der Waals surface area contributed by atoms with Crippen molar-refractivity contribution in [1.29, 1.82) is 0 Å². The van der Waals surface area contributed by atoms with Gasteiger partial charge in [-0.3, -0.25) is 9.59 Å². The molecule has 4 nitrogen and oxygen atoms in total. The maximum absolute atomic E-state index is 13.5. The van der Waals surface area contributed by atoms with Gasteiger partial charge < -0.3 is 10.6 Å². The van der Waals surface area contributed by atoms with Gasteiger partial charge >= 0.3 is 0 Å². The average molecular weight is 366 g/mol. The predicted molar refractivity (Wildman–Crippen MR) is 70.9 cm³/mol. The number of hydrogen-bond acceptors (Lipinski definition) is 2. The summed E-state index contributed by atoms with van der Waals surface area (Å²) < 4.78 is 26.3. The monoisotopic (exact) mass is 366 g/mol. The molecule has 18 heavy (non-hydrogen) atoms. The number of hydrogen-bond donors (Lipinski definition) is 2. The molecule has 2 N–H and O–H groups in total. The normalized spacial score (nSPS) is 9.72. The third-order valence-corrected chi connectivity index (χ3v) is 2.91. The van der Waals surface area contributed by atoms with Crippen molar-refractivity contribution in [1.82, 2.24) is 5.32 Å². The number of amides is 2. The lowest BCUT2D eigenvalue weighted by Crippen LogP contribution is -2.31. The first-order valence-corrected chi connectivity index (χ1v) is 5.87. The van der Waals surface area contributed by atoms with Gasteiger partial charge in [-0.25, -0.2) is 8.78 Å². The standard InChI is InChI=1S/C11H9F2IN2O2/c1-2-8(17)15-5-9(18)16-7-4-3-6(12)11(14)10(7)13/h2-4H,1,5H2,(H,15,17)(H,16,18). The number of carbonyl (C=O) groups excluding carboxylic acids is 2. The van der Waals surface area contributed by atoms with Crippen LogP contribution in [0.3, 0.4) is 0 Å². The number of carbonyl (C=O) groups is 2. The summed E-state index contributed by atoms with van der Waals surface area (Å²) in [6.45, 7) is 2.89. The molecule has 0 heterocycles. The average Bonchev–Trinajstić information content (AvgIpc) is 2.36. The summed E-state index contributed by atoms with van der Waals surface area (Å²) in [6.07, 6.45) is 1.01. The molecule has 7 heteroatoms. The Morgan fingerprint density at radius 1 is 1.39 bits per heavy atom. The molecular weight excluding hydrogens is 357 g/mol. The second-order valence-corrected chi connectivity index (χ2v) is 4.27. The van der Waals surface area contributed by atoms with Crippen LogP contribution in [0.5, 0.6) is 0 Å². The van der Waals surface area contributed by atoms with Crippen LogP contribution in [-0.4, -0.2) is 18.4 Å². The molecule has 0 unspecified atom stereocenters. The Labute approximate surface area is 116 Å². The Balaban J connectivity index is 2.68. The second-order valence-electron chi connectivity index (χ2n) is 3.19. The smallest absolute Gasteiger partial charge is 0.243 e. The van der Waals surface area contributed by atoms with E-state index in [0.717, 1.165) is 18.2 Å². The summed E-state index contributed by atoms with van der Waals surface area (Å²) in [4.78, 5) is 22.2. The van der Waals surface area contributed by atoms with Gasteiger partial charge in [0.2, 0.25) is 11.8 Å². The number of rotatable bonds is 4. The minimum atomic E-state index is -0.848. The predicted octanol–water partition coefficient (Wildman–Crippen LogP) is 1.81. The van der Waals surface area contributed by atoms with E-state index in [1.807, 2.05) is 0 Å². The van der Waals surface area contributed by atoms with Crippen LogP contribution >= 0.6 is 22.6 Å². The van der Waals surface area contributed by atoms with Crippen molar-refractivity contribution in [2.45, 2.75) is 0 Å². The van der Waals surface area contributed by atoms with E-state index in [0.29, 0.717) is 0 Å². The Morgan fingerprint density at radius 3 is 2.67 bits per heavy atom. The Kier molecular flexibility index (Phi) is 5.20. The maximum atomic E-state index is 13.5. The highest BCUT2D eigenvalue weighted by molar-refractivity contribution is 14.1. The van der Waals surface area contributed by atoms with Gasteiger partial charge in [0.15, 0.2) is 5.82 Å². The third kappa shape index (κ3) is 3.76. The molecule has 0 aliphatic rings. The topological polar surface area (TPSA) is 58.2 Å². The highest BCUT2D eigenvalue weighted by atomic mass is 127. The molecule has 0 fully saturated rings. The van der Waals surface area contributed by atoms with Gasteiger partial charge in [0.05, 0.1) is 15.8 Å². The van der Waals surface area contributed by atoms with Crippen molar-refractivity contribution in [3.63, 3.8) is 0 Å². The molecule has 1 aromatic carbocycles. The van der Waals surface area contributed by atoms with Crippen molar-refractivity contribution in [2.75, 3.05) is 11.9 Å². The van der Waals surface area contributed by atoms with Crippen LogP contribution in [0.1, 0.15) is 0 Å². The van der Waals surface area contributed by atoms with Gasteiger partial charge in [-0.15, -0.1) is 0 Å². The van der Waals surface area contributed by atoms with Crippen LogP contribution in [0.15, 0.2) is 24.8 Å². The lowest BCUT2D eigenvalue weighted by molar-refractivity contribution is -0.121. The quantitative estimate of drug-likeness (QED) is 0.485. The molecule has 1 rings (SSSR count). The third-order valence-electron chi connectivity index (χ3n) is 1.92. The van der Waals surface area contributed by atoms with Crippen molar-refractivity contribution in [2.24, 2.45) is 0 Å². The largest absolute Gasteiger partial charge is 0.343 e. The van der Waals surface area contributed by atoms with E-state index in [1.54, 1.807) is 0 Å². The molecule has 0 spiro atoms. The molecule has 2 amide bonds. The first-order chi connectivity index (χ1) is 8.45. The van der Waals surface area contributed by atoms with E-state index in [2.05, 4.69) is 17.2 Å². The summed E-state index contributed by atoms with van der Waals surface area (Å²) in [7, 11) is 0. The second kappa shape index (κ2) is 6.43. The van der Waals surface area contributed by atoms with Crippen molar-refractivity contribution in [3.05, 3.63) is 40.0 Å². The fraction of sp³-hybridized carbons (Fsp3) is 0.0909. The van der Waals surface area contributed by atoms with E-state index >= 15 is 0 Å². The Morgan fingerprint density at radius 2 is 2.06 bits per heavy atom. The summed E-state index contributed by atoms with van der Waals surface area (Å²) >= 11 is 1.49. The maximum Gasteiger partial charge on any atom is 0.243 e. The molecule has 0 bridgehead atoms. The van der Waals surface area contributed by atoms with Crippen molar-refractivity contribution in [3.8, 4) is 0 Å². The van der Waals surface area contributed by atoms with Crippen molar-refractivity contribution < 1.29 is 18.4 Å². The molecular formula is C11H9F2IN2O2. The SMILES string of the molecule is C=CC(=O)NCC(=O)Nc1ccc(F)c(I)c1F. The molecule has 96 valence electrons. The summed E-state index contributed by atoms with van der Waals surface area (Å²) in [5, 5.41) is 4.45. The molecule has 0 aromatic heterocycles. The van der Waals surface area contributed by atoms with Crippen LogP contribution in [-0.2, 0) is 9.59 Å².